The van der Waals surface area contributed by atoms with E-state index in [2.05, 4.69) is 5.32 Å². The predicted molar refractivity (Wildman–Crippen MR) is 64.7 cm³/mol. The van der Waals surface area contributed by atoms with Crippen molar-refractivity contribution in [2.75, 3.05) is 6.61 Å². The van der Waals surface area contributed by atoms with Crippen molar-refractivity contribution in [2.45, 2.75) is 44.3 Å². The average molecular weight is 293 g/mol. The van der Waals surface area contributed by atoms with Gasteiger partial charge in [0.2, 0.25) is 5.91 Å². The monoisotopic (exact) mass is 293 g/mol. The first-order valence-corrected chi connectivity index (χ1v) is 5.82. The minimum Gasteiger partial charge on any atom is -0.479 e. The number of nitrogens with one attached hydrogen (secondary N) is 1. The van der Waals surface area contributed by atoms with E-state index in [9.17, 15) is 24.6 Å². The summed E-state index contributed by atoms with van der Waals surface area (Å²) in [5.41, 5.74) is 0. The van der Waals surface area contributed by atoms with Gasteiger partial charge in [-0.1, -0.05) is 0 Å². The lowest BCUT2D eigenvalue weighted by molar-refractivity contribution is -0.168. The van der Waals surface area contributed by atoms with E-state index in [0.717, 1.165) is 13.8 Å². The van der Waals surface area contributed by atoms with Crippen LogP contribution < -0.4 is 5.32 Å². The molecule has 0 aromatic rings. The van der Waals surface area contributed by atoms with Gasteiger partial charge in [-0.05, 0) is 6.92 Å². The second-order valence-electron chi connectivity index (χ2n) is 4.18. The predicted octanol–water partition coefficient (Wildman–Crippen LogP) is -2.74. The van der Waals surface area contributed by atoms with E-state index in [1.807, 2.05) is 0 Å². The first-order chi connectivity index (χ1) is 9.24. The first-order valence-electron chi connectivity index (χ1n) is 5.82. The second-order valence-corrected chi connectivity index (χ2v) is 4.18. The Bertz CT molecular complexity index is 347. The molecule has 0 unspecified atom stereocenters. The zero-order chi connectivity index (χ0) is 15.9. The van der Waals surface area contributed by atoms with Crippen LogP contribution in [-0.4, -0.2) is 75.7 Å². The molecule has 0 radical (unpaired) electrons. The van der Waals surface area contributed by atoms with Crippen LogP contribution in [0, 0.1) is 0 Å². The molecule has 1 amide bonds. The highest BCUT2D eigenvalue weighted by Gasteiger charge is 2.36. The quantitative estimate of drug-likeness (QED) is 0.287. The summed E-state index contributed by atoms with van der Waals surface area (Å²) in [5, 5.41) is 38.8. The third-order valence-corrected chi connectivity index (χ3v) is 2.50. The van der Waals surface area contributed by atoms with Crippen LogP contribution in [0.15, 0.2) is 0 Å². The van der Waals surface area contributed by atoms with Crippen molar-refractivity contribution in [1.82, 2.24) is 5.32 Å². The lowest BCUT2D eigenvalue weighted by Gasteiger charge is -2.31. The van der Waals surface area contributed by atoms with Gasteiger partial charge in [0.15, 0.2) is 6.10 Å². The number of hydrogen-bond acceptors (Lipinski definition) is 7. The summed E-state index contributed by atoms with van der Waals surface area (Å²) in [5.74, 6) is -1.96. The molecule has 0 aromatic heterocycles. The molecule has 0 aromatic carbocycles. The standard InChI is InChI=1S/C11H19NO8/c1-5(11(18)19)20-10(9(17)8(16)4-14)7(3-13)12-6(2)15/h3,5,7-10,14,16-17H,4H2,1-2H3,(H,12,15)(H,18,19)/t5-,7-,8+,9+,10+/m0/s1. The fraction of sp³-hybridized carbons (Fsp3) is 0.727. The van der Waals surface area contributed by atoms with Crippen molar-refractivity contribution in [2.24, 2.45) is 0 Å². The molecular formula is C11H19NO8. The molecule has 0 saturated heterocycles. The van der Waals surface area contributed by atoms with Gasteiger partial charge >= 0.3 is 5.97 Å². The molecule has 20 heavy (non-hydrogen) atoms. The number of rotatable bonds is 9. The summed E-state index contributed by atoms with van der Waals surface area (Å²) in [6, 6.07) is -1.37. The van der Waals surface area contributed by atoms with Crippen molar-refractivity contribution in [3.05, 3.63) is 0 Å². The minimum atomic E-state index is -1.76. The number of aliphatic hydroxyl groups excluding tert-OH is 3. The summed E-state index contributed by atoms with van der Waals surface area (Å²) >= 11 is 0. The largest absolute Gasteiger partial charge is 0.479 e. The Balaban J connectivity index is 5.15. The number of hydrogen-bond donors (Lipinski definition) is 5. The molecule has 9 nitrogen and oxygen atoms in total. The maximum absolute atomic E-state index is 11.0. The van der Waals surface area contributed by atoms with E-state index in [4.69, 9.17) is 14.9 Å². The van der Waals surface area contributed by atoms with Crippen LogP contribution in [0.5, 0.6) is 0 Å². The van der Waals surface area contributed by atoms with Crippen LogP contribution >= 0.6 is 0 Å². The lowest BCUT2D eigenvalue weighted by Crippen LogP contribution is -2.55. The van der Waals surface area contributed by atoms with Gasteiger partial charge in [-0.2, -0.15) is 0 Å². The number of ether oxygens (including phenoxy) is 1. The Morgan fingerprint density at radius 1 is 1.35 bits per heavy atom. The van der Waals surface area contributed by atoms with Gasteiger partial charge in [0.05, 0.1) is 6.61 Å². The molecule has 9 heteroatoms. The number of carboxylic acid groups (broad SMARTS) is 1. The number of aliphatic carboxylic acids is 1. The van der Waals surface area contributed by atoms with Crippen LogP contribution in [0.2, 0.25) is 0 Å². The molecule has 0 aliphatic rings. The smallest absolute Gasteiger partial charge is 0.332 e. The average Bonchev–Trinajstić information content (AvgIpc) is 2.39. The summed E-state index contributed by atoms with van der Waals surface area (Å²) in [6.45, 7) is 1.44. The fourth-order valence-corrected chi connectivity index (χ4v) is 1.43. The van der Waals surface area contributed by atoms with Gasteiger partial charge in [0.25, 0.3) is 0 Å². The molecule has 0 aliphatic heterocycles. The maximum atomic E-state index is 11.0. The van der Waals surface area contributed by atoms with Crippen molar-refractivity contribution in [3.8, 4) is 0 Å². The molecule has 116 valence electrons. The van der Waals surface area contributed by atoms with Crippen LogP contribution in [0.4, 0.5) is 0 Å². The van der Waals surface area contributed by atoms with Crippen molar-refractivity contribution in [3.63, 3.8) is 0 Å². The summed E-state index contributed by atoms with van der Waals surface area (Å²) in [4.78, 5) is 32.7. The number of carboxylic acids is 1. The van der Waals surface area contributed by atoms with E-state index in [1.54, 1.807) is 0 Å². The van der Waals surface area contributed by atoms with Crippen molar-refractivity contribution >= 4 is 18.2 Å². The Morgan fingerprint density at radius 3 is 2.25 bits per heavy atom. The lowest BCUT2D eigenvalue weighted by atomic mass is 10.0. The molecule has 5 N–H and O–H groups in total. The van der Waals surface area contributed by atoms with Crippen molar-refractivity contribution in [1.29, 1.82) is 0 Å². The van der Waals surface area contributed by atoms with Crippen LogP contribution in [0.3, 0.4) is 0 Å². The first kappa shape index (κ1) is 18.4. The Hall–Kier alpha value is -1.55. The second kappa shape index (κ2) is 8.59. The third-order valence-electron chi connectivity index (χ3n) is 2.50. The van der Waals surface area contributed by atoms with E-state index >= 15 is 0 Å². The van der Waals surface area contributed by atoms with Gasteiger partial charge < -0.3 is 35.3 Å². The molecule has 0 bridgehead atoms. The molecule has 0 saturated carbocycles. The number of carbonyl (C=O) groups is 3. The number of aldehydes is 1. The number of aliphatic hydroxyl groups is 3. The zero-order valence-electron chi connectivity index (χ0n) is 11.1. The van der Waals surface area contributed by atoms with Gasteiger partial charge in [0.1, 0.15) is 30.6 Å². The molecule has 0 spiro atoms. The molecular weight excluding hydrogens is 274 g/mol. The SMILES string of the molecule is CC(=O)N[C@@H](C=O)[C@@H](O[C@@H](C)C(=O)O)[C@H](O)[C@H](O)CO. The number of carbonyl (C=O) groups excluding carboxylic acids is 2. The van der Waals surface area contributed by atoms with E-state index in [1.165, 1.54) is 0 Å². The summed E-state index contributed by atoms with van der Waals surface area (Å²) in [7, 11) is 0. The van der Waals surface area contributed by atoms with E-state index in [0.29, 0.717) is 0 Å². The van der Waals surface area contributed by atoms with Crippen molar-refractivity contribution < 1.29 is 39.5 Å². The molecule has 0 heterocycles. The van der Waals surface area contributed by atoms with E-state index in [-0.39, 0.29) is 6.29 Å². The Morgan fingerprint density at radius 2 is 1.90 bits per heavy atom. The Kier molecular flexibility index (Phi) is 7.92. The highest BCUT2D eigenvalue weighted by atomic mass is 16.5. The van der Waals surface area contributed by atoms with Crippen LogP contribution in [-0.2, 0) is 19.1 Å². The van der Waals surface area contributed by atoms with Gasteiger partial charge in [-0.25, -0.2) is 4.79 Å². The molecule has 0 aliphatic carbocycles. The van der Waals surface area contributed by atoms with Crippen LogP contribution in [0.25, 0.3) is 0 Å². The molecule has 0 rings (SSSR count). The minimum absolute atomic E-state index is 0.244. The third kappa shape index (κ3) is 5.61. The molecule has 5 atom stereocenters. The maximum Gasteiger partial charge on any atom is 0.332 e. The topological polar surface area (TPSA) is 153 Å². The fourth-order valence-electron chi connectivity index (χ4n) is 1.43. The summed E-state index contributed by atoms with van der Waals surface area (Å²) < 4.78 is 4.98. The van der Waals surface area contributed by atoms with Gasteiger partial charge in [-0.3, -0.25) is 4.79 Å². The van der Waals surface area contributed by atoms with Gasteiger partial charge in [-0.15, -0.1) is 0 Å². The molecule has 0 fully saturated rings. The summed E-state index contributed by atoms with van der Waals surface area (Å²) in [6.07, 6.45) is -6.09. The van der Waals surface area contributed by atoms with Gasteiger partial charge in [0, 0.05) is 6.92 Å². The highest BCUT2D eigenvalue weighted by Crippen LogP contribution is 2.12. The van der Waals surface area contributed by atoms with Crippen LogP contribution in [0.1, 0.15) is 13.8 Å². The number of amides is 1. The van der Waals surface area contributed by atoms with E-state index < -0.39 is 48.9 Å². The Labute approximate surface area is 115 Å². The normalized spacial score (nSPS) is 18.4. The highest BCUT2D eigenvalue weighted by molar-refractivity contribution is 5.77. The zero-order valence-corrected chi connectivity index (χ0v) is 11.1.